The largest absolute Gasteiger partial charge is 0.481 e. The fraction of sp³-hybridized carbons (Fsp3) is 0.250. The highest BCUT2D eigenvalue weighted by Gasteiger charge is 2.50. The molecule has 0 bridgehead atoms. The molecule has 2 rings (SSSR count). The summed E-state index contributed by atoms with van der Waals surface area (Å²) in [4.78, 5) is 36.2. The van der Waals surface area contributed by atoms with Crippen LogP contribution in [-0.4, -0.2) is 41.3 Å². The van der Waals surface area contributed by atoms with Gasteiger partial charge in [-0.1, -0.05) is 60.7 Å². The van der Waals surface area contributed by atoms with Gasteiger partial charge in [-0.05, 0) is 24.0 Å². The van der Waals surface area contributed by atoms with Crippen LogP contribution in [-0.2, 0) is 22.4 Å². The number of hydrogen-bond donors (Lipinski definition) is 4. The molecular formula is C20H22N2O5. The van der Waals surface area contributed by atoms with Crippen molar-refractivity contribution < 1.29 is 24.6 Å². The van der Waals surface area contributed by atoms with Crippen molar-refractivity contribution in [3.05, 3.63) is 71.8 Å². The van der Waals surface area contributed by atoms with Gasteiger partial charge in [-0.3, -0.25) is 4.79 Å². The van der Waals surface area contributed by atoms with Crippen molar-refractivity contribution in [2.24, 2.45) is 5.41 Å². The molecule has 7 heteroatoms. The summed E-state index contributed by atoms with van der Waals surface area (Å²) in [6.45, 7) is 0. The van der Waals surface area contributed by atoms with Crippen LogP contribution in [0.3, 0.4) is 0 Å². The molecule has 0 radical (unpaired) electrons. The van der Waals surface area contributed by atoms with Crippen LogP contribution in [0.1, 0.15) is 11.1 Å². The molecule has 2 amide bonds. The third kappa shape index (κ3) is 4.84. The zero-order valence-electron chi connectivity index (χ0n) is 14.9. The molecule has 142 valence electrons. The molecule has 0 spiro atoms. The normalized spacial score (nSPS) is 12.0. The molecule has 0 aromatic heterocycles. The number of urea groups is 1. The van der Waals surface area contributed by atoms with Crippen LogP contribution in [0.15, 0.2) is 60.7 Å². The summed E-state index contributed by atoms with van der Waals surface area (Å²) in [5, 5.41) is 24.4. The van der Waals surface area contributed by atoms with Gasteiger partial charge in [0.2, 0.25) is 0 Å². The fourth-order valence-electron chi connectivity index (χ4n) is 3.10. The van der Waals surface area contributed by atoms with E-state index >= 15 is 0 Å². The standard InChI is InChI=1S/C20H22N2O5/c1-21-19(27)22-16(17(23)24)20(18(25)26,12-14-8-4-2-5-9-14)13-15-10-6-3-7-11-15/h2-11,16H,12-13H2,1H3,(H,23,24)(H,25,26)(H2,21,22,27)/t16-/m1/s1. The first kappa shape index (κ1) is 20.0. The summed E-state index contributed by atoms with van der Waals surface area (Å²) in [6.07, 6.45) is -0.113. The van der Waals surface area contributed by atoms with E-state index < -0.39 is 29.4 Å². The SMILES string of the molecule is CNC(=O)N[C@H](C(=O)O)C(Cc1ccccc1)(Cc1ccccc1)C(=O)O. The molecule has 7 nitrogen and oxygen atoms in total. The van der Waals surface area contributed by atoms with Crippen molar-refractivity contribution in [3.63, 3.8) is 0 Å². The number of carboxylic acid groups (broad SMARTS) is 2. The smallest absolute Gasteiger partial charge is 0.327 e. The zero-order chi connectivity index (χ0) is 19.9. The lowest BCUT2D eigenvalue weighted by molar-refractivity contribution is -0.158. The number of carbonyl (C=O) groups is 3. The minimum absolute atomic E-state index is 0.0565. The van der Waals surface area contributed by atoms with E-state index in [9.17, 15) is 24.6 Å². The minimum Gasteiger partial charge on any atom is -0.481 e. The lowest BCUT2D eigenvalue weighted by Gasteiger charge is -2.35. The van der Waals surface area contributed by atoms with Crippen molar-refractivity contribution in [2.75, 3.05) is 7.05 Å². The summed E-state index contributed by atoms with van der Waals surface area (Å²) in [5.74, 6) is -2.70. The van der Waals surface area contributed by atoms with Gasteiger partial charge in [0.05, 0.1) is 0 Å². The molecule has 2 aromatic rings. The van der Waals surface area contributed by atoms with Gasteiger partial charge in [0, 0.05) is 7.05 Å². The second-order valence-corrected chi connectivity index (χ2v) is 6.28. The number of hydrogen-bond acceptors (Lipinski definition) is 3. The average Bonchev–Trinajstić information content (AvgIpc) is 2.66. The summed E-state index contributed by atoms with van der Waals surface area (Å²) in [5.41, 5.74) is -0.442. The van der Waals surface area contributed by atoms with E-state index in [1.807, 2.05) is 0 Å². The molecule has 0 heterocycles. The predicted molar refractivity (Wildman–Crippen MR) is 99.4 cm³/mol. The summed E-state index contributed by atoms with van der Waals surface area (Å²) in [6, 6.07) is 15.2. The third-order valence-electron chi connectivity index (χ3n) is 4.45. The second kappa shape index (κ2) is 8.84. The van der Waals surface area contributed by atoms with E-state index in [-0.39, 0.29) is 12.8 Å². The second-order valence-electron chi connectivity index (χ2n) is 6.28. The molecule has 2 aromatic carbocycles. The van der Waals surface area contributed by atoms with Gasteiger partial charge in [0.25, 0.3) is 0 Å². The van der Waals surface area contributed by atoms with E-state index in [4.69, 9.17) is 0 Å². The van der Waals surface area contributed by atoms with Gasteiger partial charge < -0.3 is 20.8 Å². The van der Waals surface area contributed by atoms with Crippen molar-refractivity contribution in [1.82, 2.24) is 10.6 Å². The van der Waals surface area contributed by atoms with Crippen LogP contribution < -0.4 is 10.6 Å². The molecule has 0 fully saturated rings. The molecule has 0 aliphatic heterocycles. The Morgan fingerprint density at radius 2 is 1.33 bits per heavy atom. The van der Waals surface area contributed by atoms with E-state index in [0.717, 1.165) is 0 Å². The number of carboxylic acids is 2. The van der Waals surface area contributed by atoms with Gasteiger partial charge in [0.1, 0.15) is 11.5 Å². The summed E-state index contributed by atoms with van der Waals surface area (Å²) in [7, 11) is 1.34. The maximum absolute atomic E-state index is 12.4. The van der Waals surface area contributed by atoms with Gasteiger partial charge >= 0.3 is 18.0 Å². The van der Waals surface area contributed by atoms with Crippen molar-refractivity contribution in [1.29, 1.82) is 0 Å². The van der Waals surface area contributed by atoms with E-state index in [0.29, 0.717) is 11.1 Å². The third-order valence-corrected chi connectivity index (χ3v) is 4.45. The Bertz CT molecular complexity index is 751. The van der Waals surface area contributed by atoms with E-state index in [1.54, 1.807) is 60.7 Å². The van der Waals surface area contributed by atoms with Crippen LogP contribution in [0.4, 0.5) is 4.79 Å². The quantitative estimate of drug-likeness (QED) is 0.567. The first-order valence-electron chi connectivity index (χ1n) is 8.41. The fourth-order valence-corrected chi connectivity index (χ4v) is 3.10. The van der Waals surface area contributed by atoms with Crippen LogP contribution in [0.5, 0.6) is 0 Å². The number of benzene rings is 2. The van der Waals surface area contributed by atoms with E-state index in [2.05, 4.69) is 10.6 Å². The summed E-state index contributed by atoms with van der Waals surface area (Å²) >= 11 is 0. The first-order chi connectivity index (χ1) is 12.9. The van der Waals surface area contributed by atoms with Crippen LogP contribution >= 0.6 is 0 Å². The molecular weight excluding hydrogens is 348 g/mol. The Balaban J connectivity index is 2.56. The molecule has 1 atom stereocenters. The molecule has 27 heavy (non-hydrogen) atoms. The number of aliphatic carboxylic acids is 2. The molecule has 0 unspecified atom stereocenters. The van der Waals surface area contributed by atoms with Gasteiger partial charge in [0.15, 0.2) is 0 Å². The molecule has 0 saturated heterocycles. The average molecular weight is 370 g/mol. The molecule has 0 aliphatic rings. The highest BCUT2D eigenvalue weighted by atomic mass is 16.4. The Labute approximate surface area is 157 Å². The maximum atomic E-state index is 12.4. The highest BCUT2D eigenvalue weighted by molar-refractivity contribution is 5.90. The van der Waals surface area contributed by atoms with Gasteiger partial charge in [-0.25, -0.2) is 9.59 Å². The predicted octanol–water partition coefficient (Wildman–Crippen LogP) is 1.92. The van der Waals surface area contributed by atoms with Crippen molar-refractivity contribution in [3.8, 4) is 0 Å². The number of nitrogens with one attached hydrogen (secondary N) is 2. The Hall–Kier alpha value is -3.35. The Kier molecular flexibility index (Phi) is 6.54. The van der Waals surface area contributed by atoms with Gasteiger partial charge in [-0.15, -0.1) is 0 Å². The molecule has 0 saturated carbocycles. The minimum atomic E-state index is -1.78. The van der Waals surface area contributed by atoms with E-state index in [1.165, 1.54) is 7.05 Å². The highest BCUT2D eigenvalue weighted by Crippen LogP contribution is 2.33. The van der Waals surface area contributed by atoms with Crippen LogP contribution in [0, 0.1) is 5.41 Å². The molecule has 0 aliphatic carbocycles. The summed E-state index contributed by atoms with van der Waals surface area (Å²) < 4.78 is 0. The maximum Gasteiger partial charge on any atom is 0.327 e. The number of amides is 2. The lowest BCUT2D eigenvalue weighted by Crippen LogP contribution is -2.59. The van der Waals surface area contributed by atoms with Crippen molar-refractivity contribution >= 4 is 18.0 Å². The topological polar surface area (TPSA) is 116 Å². The molecule has 4 N–H and O–H groups in total. The Morgan fingerprint density at radius 3 is 1.67 bits per heavy atom. The zero-order valence-corrected chi connectivity index (χ0v) is 14.9. The van der Waals surface area contributed by atoms with Gasteiger partial charge in [-0.2, -0.15) is 0 Å². The Morgan fingerprint density at radius 1 is 0.889 bits per heavy atom. The lowest BCUT2D eigenvalue weighted by atomic mass is 9.70. The van der Waals surface area contributed by atoms with Crippen molar-refractivity contribution in [2.45, 2.75) is 18.9 Å². The monoisotopic (exact) mass is 370 g/mol. The number of carbonyl (C=O) groups excluding carboxylic acids is 1. The first-order valence-corrected chi connectivity index (χ1v) is 8.41. The number of rotatable bonds is 8. The van der Waals surface area contributed by atoms with Crippen LogP contribution in [0.25, 0.3) is 0 Å². The van der Waals surface area contributed by atoms with Crippen LogP contribution in [0.2, 0.25) is 0 Å².